The Labute approximate surface area is 120 Å². The van der Waals surface area contributed by atoms with E-state index in [0.29, 0.717) is 28.3 Å². The molecule has 0 bridgehead atoms. The fourth-order valence-corrected chi connectivity index (χ4v) is 1.84. The minimum absolute atomic E-state index is 0.155. The molecule has 0 aliphatic heterocycles. The summed E-state index contributed by atoms with van der Waals surface area (Å²) < 4.78 is 4.89. The van der Waals surface area contributed by atoms with E-state index >= 15 is 0 Å². The first-order valence-electron chi connectivity index (χ1n) is 5.93. The molecule has 0 saturated heterocycles. The second-order valence-electron chi connectivity index (χ2n) is 3.97. The summed E-state index contributed by atoms with van der Waals surface area (Å²) in [5.74, 6) is -0.521. The molecule has 0 saturated carbocycles. The van der Waals surface area contributed by atoms with Crippen molar-refractivity contribution in [1.29, 1.82) is 0 Å². The first-order chi connectivity index (χ1) is 9.56. The SMILES string of the molecule is CCOC(=O)c1nn(-c2ccc(C=O)c(Cl)c2)nc1C. The number of ether oxygens (including phenoxy) is 1. The molecule has 0 amide bonds. The molecule has 20 heavy (non-hydrogen) atoms. The Bertz CT molecular complexity index is 667. The maximum atomic E-state index is 11.7. The van der Waals surface area contributed by atoms with Gasteiger partial charge < -0.3 is 4.74 Å². The van der Waals surface area contributed by atoms with Crippen molar-refractivity contribution in [3.05, 3.63) is 40.2 Å². The van der Waals surface area contributed by atoms with Crippen molar-refractivity contribution in [3.8, 4) is 5.69 Å². The number of benzene rings is 1. The Balaban J connectivity index is 2.39. The average Bonchev–Trinajstić information content (AvgIpc) is 2.81. The van der Waals surface area contributed by atoms with Crippen LogP contribution in [0, 0.1) is 6.92 Å². The van der Waals surface area contributed by atoms with Gasteiger partial charge in [-0.2, -0.15) is 9.90 Å². The minimum atomic E-state index is -0.521. The zero-order valence-corrected chi connectivity index (χ0v) is 11.7. The second kappa shape index (κ2) is 5.83. The number of carbonyl (C=O) groups excluding carboxylic acids is 2. The van der Waals surface area contributed by atoms with Crippen molar-refractivity contribution in [2.24, 2.45) is 0 Å². The van der Waals surface area contributed by atoms with Crippen LogP contribution in [0.4, 0.5) is 0 Å². The number of hydrogen-bond donors (Lipinski definition) is 0. The summed E-state index contributed by atoms with van der Waals surface area (Å²) >= 11 is 5.95. The fourth-order valence-electron chi connectivity index (χ4n) is 1.62. The van der Waals surface area contributed by atoms with Crippen molar-refractivity contribution in [2.45, 2.75) is 13.8 Å². The van der Waals surface area contributed by atoms with E-state index < -0.39 is 5.97 Å². The van der Waals surface area contributed by atoms with Crippen molar-refractivity contribution in [2.75, 3.05) is 6.61 Å². The predicted molar refractivity (Wildman–Crippen MR) is 72.5 cm³/mol. The van der Waals surface area contributed by atoms with E-state index in [9.17, 15) is 9.59 Å². The minimum Gasteiger partial charge on any atom is -0.461 e. The normalized spacial score (nSPS) is 10.3. The Morgan fingerprint density at radius 2 is 2.20 bits per heavy atom. The molecule has 6 nitrogen and oxygen atoms in total. The highest BCUT2D eigenvalue weighted by atomic mass is 35.5. The molecule has 0 unspecified atom stereocenters. The number of carbonyl (C=O) groups is 2. The highest BCUT2D eigenvalue weighted by molar-refractivity contribution is 6.33. The van der Waals surface area contributed by atoms with Gasteiger partial charge in [-0.1, -0.05) is 11.6 Å². The summed E-state index contributed by atoms with van der Waals surface area (Å²) in [5, 5.41) is 8.51. The first-order valence-corrected chi connectivity index (χ1v) is 6.30. The van der Waals surface area contributed by atoms with Crippen LogP contribution in [0.3, 0.4) is 0 Å². The number of rotatable bonds is 4. The van der Waals surface area contributed by atoms with Crippen LogP contribution in [0.15, 0.2) is 18.2 Å². The Morgan fingerprint density at radius 1 is 1.45 bits per heavy atom. The lowest BCUT2D eigenvalue weighted by molar-refractivity contribution is 0.0518. The molecule has 0 aliphatic carbocycles. The van der Waals surface area contributed by atoms with E-state index in [1.165, 1.54) is 4.80 Å². The van der Waals surface area contributed by atoms with Gasteiger partial charge >= 0.3 is 5.97 Å². The van der Waals surface area contributed by atoms with Gasteiger partial charge in [0, 0.05) is 5.56 Å². The van der Waals surface area contributed by atoms with E-state index in [2.05, 4.69) is 10.2 Å². The third kappa shape index (κ3) is 2.70. The molecule has 1 aromatic heterocycles. The summed E-state index contributed by atoms with van der Waals surface area (Å²) in [6.07, 6.45) is 0.665. The van der Waals surface area contributed by atoms with Crippen molar-refractivity contribution >= 4 is 23.9 Å². The highest BCUT2D eigenvalue weighted by Gasteiger charge is 2.17. The van der Waals surface area contributed by atoms with Gasteiger partial charge in [0.05, 0.1) is 23.0 Å². The number of nitrogens with zero attached hydrogens (tertiary/aromatic N) is 3. The molecule has 1 aromatic carbocycles. The van der Waals surface area contributed by atoms with Crippen LogP contribution in [0.1, 0.15) is 33.5 Å². The van der Waals surface area contributed by atoms with Gasteiger partial charge in [-0.3, -0.25) is 4.79 Å². The Hall–Kier alpha value is -2.21. The Morgan fingerprint density at radius 3 is 2.80 bits per heavy atom. The largest absolute Gasteiger partial charge is 0.461 e. The molecule has 104 valence electrons. The number of esters is 1. The number of aryl methyl sites for hydroxylation is 1. The summed E-state index contributed by atoms with van der Waals surface area (Å²) in [5.41, 5.74) is 1.55. The summed E-state index contributed by atoms with van der Waals surface area (Å²) in [6.45, 7) is 3.65. The molecule has 0 aliphatic rings. The summed E-state index contributed by atoms with van der Waals surface area (Å²) in [6, 6.07) is 4.76. The Kier molecular flexibility index (Phi) is 4.14. The maximum Gasteiger partial charge on any atom is 0.360 e. The lowest BCUT2D eigenvalue weighted by Gasteiger charge is -2.01. The van der Waals surface area contributed by atoms with Crippen LogP contribution in [0.2, 0.25) is 5.02 Å². The number of aromatic nitrogens is 3. The third-order valence-electron chi connectivity index (χ3n) is 2.59. The van der Waals surface area contributed by atoms with E-state index in [0.717, 1.165) is 0 Å². The van der Waals surface area contributed by atoms with Gasteiger partial charge in [-0.05, 0) is 32.0 Å². The van der Waals surface area contributed by atoms with Crippen molar-refractivity contribution in [1.82, 2.24) is 15.0 Å². The molecule has 1 heterocycles. The molecule has 0 N–H and O–H groups in total. The van der Waals surface area contributed by atoms with Gasteiger partial charge in [-0.15, -0.1) is 5.10 Å². The predicted octanol–water partition coefficient (Wildman–Crippen LogP) is 2.22. The monoisotopic (exact) mass is 293 g/mol. The highest BCUT2D eigenvalue weighted by Crippen LogP contribution is 2.18. The van der Waals surface area contributed by atoms with E-state index in [1.54, 1.807) is 32.0 Å². The quantitative estimate of drug-likeness (QED) is 0.638. The topological polar surface area (TPSA) is 74.1 Å². The van der Waals surface area contributed by atoms with Crippen LogP contribution in [0.5, 0.6) is 0 Å². The average molecular weight is 294 g/mol. The maximum absolute atomic E-state index is 11.7. The number of aldehydes is 1. The number of halogens is 1. The van der Waals surface area contributed by atoms with E-state index in [1.807, 2.05) is 0 Å². The molecule has 7 heteroatoms. The fraction of sp³-hybridized carbons (Fsp3) is 0.231. The van der Waals surface area contributed by atoms with Gasteiger partial charge in [0.1, 0.15) is 0 Å². The second-order valence-corrected chi connectivity index (χ2v) is 4.37. The van der Waals surface area contributed by atoms with E-state index in [-0.39, 0.29) is 12.3 Å². The van der Waals surface area contributed by atoms with Crippen LogP contribution in [-0.4, -0.2) is 33.9 Å². The molecule has 0 radical (unpaired) electrons. The first kappa shape index (κ1) is 14.2. The molecule has 2 aromatic rings. The number of hydrogen-bond acceptors (Lipinski definition) is 5. The van der Waals surface area contributed by atoms with Crippen LogP contribution in [-0.2, 0) is 4.74 Å². The smallest absolute Gasteiger partial charge is 0.360 e. The van der Waals surface area contributed by atoms with Crippen molar-refractivity contribution < 1.29 is 14.3 Å². The van der Waals surface area contributed by atoms with Crippen LogP contribution in [0.25, 0.3) is 5.69 Å². The zero-order chi connectivity index (χ0) is 14.7. The molecule has 0 spiro atoms. The summed E-state index contributed by atoms with van der Waals surface area (Å²) in [7, 11) is 0. The van der Waals surface area contributed by atoms with Gasteiger partial charge in [0.15, 0.2) is 12.0 Å². The van der Waals surface area contributed by atoms with Crippen LogP contribution >= 0.6 is 11.6 Å². The molecule has 0 fully saturated rings. The van der Waals surface area contributed by atoms with Crippen molar-refractivity contribution in [3.63, 3.8) is 0 Å². The van der Waals surface area contributed by atoms with Gasteiger partial charge in [-0.25, -0.2) is 4.79 Å². The lowest BCUT2D eigenvalue weighted by atomic mass is 10.2. The molecule has 2 rings (SSSR count). The summed E-state index contributed by atoms with van der Waals surface area (Å²) in [4.78, 5) is 23.7. The lowest BCUT2D eigenvalue weighted by Crippen LogP contribution is -2.07. The van der Waals surface area contributed by atoms with Gasteiger partial charge in [0.25, 0.3) is 0 Å². The molecule has 0 atom stereocenters. The zero-order valence-electron chi connectivity index (χ0n) is 11.0. The van der Waals surface area contributed by atoms with Gasteiger partial charge in [0.2, 0.25) is 0 Å². The standard InChI is InChI=1S/C13H12ClN3O3/c1-3-20-13(19)12-8(2)15-17(16-12)10-5-4-9(7-18)11(14)6-10/h4-7H,3H2,1-2H3. The molecular formula is C13H12ClN3O3. The van der Waals surface area contributed by atoms with E-state index in [4.69, 9.17) is 16.3 Å². The molecular weight excluding hydrogens is 282 g/mol. The van der Waals surface area contributed by atoms with Crippen LogP contribution < -0.4 is 0 Å². The third-order valence-corrected chi connectivity index (χ3v) is 2.92.